The first-order chi connectivity index (χ1) is 6.75. The van der Waals surface area contributed by atoms with E-state index in [0.29, 0.717) is 0 Å². The molecule has 0 atom stereocenters. The van der Waals surface area contributed by atoms with E-state index < -0.39 is 0 Å². The van der Waals surface area contributed by atoms with E-state index in [0.717, 1.165) is 11.2 Å². The summed E-state index contributed by atoms with van der Waals surface area (Å²) in [6.45, 7) is 4.16. The molecule has 1 aromatic heterocycles. The minimum atomic E-state index is 1.03. The van der Waals surface area contributed by atoms with Crippen LogP contribution in [0.15, 0.2) is 42.0 Å². The summed E-state index contributed by atoms with van der Waals surface area (Å²) < 4.78 is 0. The average Bonchev–Trinajstić information content (AvgIpc) is 2.17. The van der Waals surface area contributed by atoms with Crippen LogP contribution in [0.25, 0.3) is 17.0 Å². The Bertz CT molecular complexity index is 479. The molecule has 2 aromatic rings. The molecule has 0 unspecified atom stereocenters. The number of fused-ring (bicyclic) bond motifs is 1. The van der Waals surface area contributed by atoms with Crippen LogP contribution in [0.1, 0.15) is 19.5 Å². The summed E-state index contributed by atoms with van der Waals surface area (Å²) in [4.78, 5) is 4.54. The number of allylic oxidation sites excluding steroid dienone is 1. The molecule has 0 amide bonds. The predicted octanol–water partition coefficient (Wildman–Crippen LogP) is 3.66. The van der Waals surface area contributed by atoms with Crippen molar-refractivity contribution < 1.29 is 0 Å². The van der Waals surface area contributed by atoms with Crippen LogP contribution in [-0.4, -0.2) is 4.98 Å². The second kappa shape index (κ2) is 3.62. The number of hydrogen-bond donors (Lipinski definition) is 0. The van der Waals surface area contributed by atoms with Crippen molar-refractivity contribution in [2.75, 3.05) is 0 Å². The molecule has 0 radical (unpaired) electrons. The molecule has 1 heteroatoms. The normalized spacial score (nSPS) is 10.1. The van der Waals surface area contributed by atoms with Gasteiger partial charge in [-0.2, -0.15) is 0 Å². The summed E-state index contributed by atoms with van der Waals surface area (Å²) >= 11 is 0. The highest BCUT2D eigenvalue weighted by Crippen LogP contribution is 2.13. The molecular formula is C13H13N. The third-order valence-electron chi connectivity index (χ3n) is 2.06. The van der Waals surface area contributed by atoms with Gasteiger partial charge in [0.15, 0.2) is 0 Å². The molecule has 0 bridgehead atoms. The molecule has 1 aromatic carbocycles. The third kappa shape index (κ3) is 1.82. The molecule has 1 nitrogen and oxygen atoms in total. The van der Waals surface area contributed by atoms with Gasteiger partial charge in [-0.3, -0.25) is 0 Å². The zero-order valence-electron chi connectivity index (χ0n) is 8.49. The van der Waals surface area contributed by atoms with Crippen molar-refractivity contribution >= 4 is 17.0 Å². The van der Waals surface area contributed by atoms with E-state index in [-0.39, 0.29) is 0 Å². The summed E-state index contributed by atoms with van der Waals surface area (Å²) in [6, 6.07) is 12.3. The minimum Gasteiger partial charge on any atom is -0.248 e. The molecule has 0 spiro atoms. The van der Waals surface area contributed by atoms with Gasteiger partial charge in [-0.25, -0.2) is 4.98 Å². The molecule has 70 valence electrons. The van der Waals surface area contributed by atoms with Crippen molar-refractivity contribution in [2.45, 2.75) is 13.8 Å². The van der Waals surface area contributed by atoms with Crippen LogP contribution in [0, 0.1) is 0 Å². The molecule has 0 aliphatic rings. The van der Waals surface area contributed by atoms with Crippen molar-refractivity contribution in [1.82, 2.24) is 4.98 Å². The summed E-state index contributed by atoms with van der Waals surface area (Å²) in [6.07, 6.45) is 2.09. The van der Waals surface area contributed by atoms with Gasteiger partial charge in [-0.05, 0) is 32.1 Å². The monoisotopic (exact) mass is 183 g/mol. The van der Waals surface area contributed by atoms with Crippen molar-refractivity contribution in [3.05, 3.63) is 47.7 Å². The molecule has 0 N–H and O–H groups in total. The van der Waals surface area contributed by atoms with E-state index in [9.17, 15) is 0 Å². The number of benzene rings is 1. The van der Waals surface area contributed by atoms with Crippen LogP contribution >= 0.6 is 0 Å². The molecular weight excluding hydrogens is 170 g/mol. The van der Waals surface area contributed by atoms with Gasteiger partial charge in [-0.1, -0.05) is 29.8 Å². The molecule has 14 heavy (non-hydrogen) atoms. The Morgan fingerprint density at radius 2 is 1.86 bits per heavy atom. The van der Waals surface area contributed by atoms with Crippen LogP contribution in [0.4, 0.5) is 0 Å². The topological polar surface area (TPSA) is 12.9 Å². The van der Waals surface area contributed by atoms with Gasteiger partial charge in [0.25, 0.3) is 0 Å². The zero-order valence-corrected chi connectivity index (χ0v) is 8.49. The molecule has 0 saturated carbocycles. The highest BCUT2D eigenvalue weighted by molar-refractivity contribution is 5.79. The first-order valence-corrected chi connectivity index (χ1v) is 4.76. The maximum absolute atomic E-state index is 4.54. The predicted molar refractivity (Wildman–Crippen MR) is 61.1 cm³/mol. The fourth-order valence-corrected chi connectivity index (χ4v) is 1.46. The molecule has 1 heterocycles. The lowest BCUT2D eigenvalue weighted by Gasteiger charge is -1.98. The van der Waals surface area contributed by atoms with Crippen LogP contribution < -0.4 is 0 Å². The molecule has 0 fully saturated rings. The van der Waals surface area contributed by atoms with Gasteiger partial charge in [0, 0.05) is 5.39 Å². The van der Waals surface area contributed by atoms with Gasteiger partial charge in [0.05, 0.1) is 11.2 Å². The number of rotatable bonds is 1. The molecule has 0 saturated heterocycles. The zero-order chi connectivity index (χ0) is 9.97. The quantitative estimate of drug-likeness (QED) is 0.657. The molecule has 0 aliphatic carbocycles. The van der Waals surface area contributed by atoms with Crippen molar-refractivity contribution in [3.63, 3.8) is 0 Å². The number of para-hydroxylation sites is 1. The van der Waals surface area contributed by atoms with Gasteiger partial charge in [-0.15, -0.1) is 0 Å². The minimum absolute atomic E-state index is 1.03. The standard InChI is InChI=1S/C13H13N/c1-10(2)9-12-8-7-11-5-3-4-6-13(11)14-12/h3-9H,1-2H3. The fraction of sp³-hybridized carbons (Fsp3) is 0.154. The maximum atomic E-state index is 4.54. The SMILES string of the molecule is CC(C)=Cc1ccc2ccccc2n1. The van der Waals surface area contributed by atoms with E-state index >= 15 is 0 Å². The Morgan fingerprint density at radius 1 is 1.07 bits per heavy atom. The van der Waals surface area contributed by atoms with Gasteiger partial charge in [0.1, 0.15) is 0 Å². The largest absolute Gasteiger partial charge is 0.248 e. The summed E-state index contributed by atoms with van der Waals surface area (Å²) in [7, 11) is 0. The van der Waals surface area contributed by atoms with Gasteiger partial charge >= 0.3 is 0 Å². The Hall–Kier alpha value is -1.63. The van der Waals surface area contributed by atoms with E-state index in [1.54, 1.807) is 0 Å². The van der Waals surface area contributed by atoms with E-state index in [4.69, 9.17) is 0 Å². The number of pyridine rings is 1. The molecule has 2 rings (SSSR count). The van der Waals surface area contributed by atoms with E-state index in [1.165, 1.54) is 11.0 Å². The second-order valence-corrected chi connectivity index (χ2v) is 3.65. The van der Waals surface area contributed by atoms with Crippen LogP contribution in [0.3, 0.4) is 0 Å². The number of nitrogens with zero attached hydrogens (tertiary/aromatic N) is 1. The van der Waals surface area contributed by atoms with Crippen molar-refractivity contribution in [1.29, 1.82) is 0 Å². The smallest absolute Gasteiger partial charge is 0.0709 e. The summed E-state index contributed by atoms with van der Waals surface area (Å²) in [5.74, 6) is 0. The molecule has 0 aliphatic heterocycles. The lowest BCUT2D eigenvalue weighted by atomic mass is 10.2. The Morgan fingerprint density at radius 3 is 2.64 bits per heavy atom. The summed E-state index contributed by atoms with van der Waals surface area (Å²) in [5.41, 5.74) is 3.36. The van der Waals surface area contributed by atoms with Gasteiger partial charge in [0.2, 0.25) is 0 Å². The van der Waals surface area contributed by atoms with Crippen molar-refractivity contribution in [3.8, 4) is 0 Å². The highest BCUT2D eigenvalue weighted by Gasteiger charge is 1.94. The van der Waals surface area contributed by atoms with Crippen LogP contribution in [-0.2, 0) is 0 Å². The van der Waals surface area contributed by atoms with E-state index in [1.807, 2.05) is 18.2 Å². The number of hydrogen-bond acceptors (Lipinski definition) is 1. The van der Waals surface area contributed by atoms with Gasteiger partial charge < -0.3 is 0 Å². The maximum Gasteiger partial charge on any atom is 0.0709 e. The summed E-state index contributed by atoms with van der Waals surface area (Å²) in [5, 5.41) is 1.19. The number of aromatic nitrogens is 1. The Balaban J connectivity index is 2.57. The lowest BCUT2D eigenvalue weighted by Crippen LogP contribution is -1.82. The van der Waals surface area contributed by atoms with Crippen molar-refractivity contribution in [2.24, 2.45) is 0 Å². The average molecular weight is 183 g/mol. The lowest BCUT2D eigenvalue weighted by molar-refractivity contribution is 1.34. The Kier molecular flexibility index (Phi) is 2.32. The van der Waals surface area contributed by atoms with Crippen LogP contribution in [0.5, 0.6) is 0 Å². The van der Waals surface area contributed by atoms with E-state index in [2.05, 4.69) is 43.1 Å². The third-order valence-corrected chi connectivity index (χ3v) is 2.06. The second-order valence-electron chi connectivity index (χ2n) is 3.65. The first kappa shape index (κ1) is 8.95. The van der Waals surface area contributed by atoms with Crippen LogP contribution in [0.2, 0.25) is 0 Å². The first-order valence-electron chi connectivity index (χ1n) is 4.76. The highest BCUT2D eigenvalue weighted by atomic mass is 14.7. The Labute approximate surface area is 84.1 Å². The fourth-order valence-electron chi connectivity index (χ4n) is 1.46.